The lowest BCUT2D eigenvalue weighted by Crippen LogP contribution is -2.15. The predicted octanol–water partition coefficient (Wildman–Crippen LogP) is 1.64. The molecule has 1 aromatic heterocycles. The highest BCUT2D eigenvalue weighted by Gasteiger charge is 2.26. The monoisotopic (exact) mass is 143 g/mol. The molecule has 2 aromatic rings. The molecule has 0 saturated heterocycles. The molecule has 2 bridgehead atoms. The molecule has 3 heterocycles. The molecular weight excluding hydrogens is 138 g/mol. The van der Waals surface area contributed by atoms with Crippen molar-refractivity contribution in [1.82, 2.24) is 4.57 Å². The number of hydrogen-bond donors (Lipinski definition) is 0. The molecular formula is C9H5NO. The fourth-order valence-corrected chi connectivity index (χ4v) is 1.58. The molecule has 0 amide bonds. The maximum atomic E-state index is 11.1. The topological polar surface area (TPSA) is 22.0 Å². The van der Waals surface area contributed by atoms with E-state index in [-0.39, 0.29) is 5.91 Å². The molecule has 0 spiro atoms. The SMILES string of the molecule is O=C1c2cn1c1ccccc21. The zero-order chi connectivity index (χ0) is 7.42. The van der Waals surface area contributed by atoms with Gasteiger partial charge in [0.05, 0.1) is 11.1 Å². The second-order valence-corrected chi connectivity index (χ2v) is 2.74. The molecule has 11 heavy (non-hydrogen) atoms. The second kappa shape index (κ2) is 1.37. The van der Waals surface area contributed by atoms with Gasteiger partial charge < -0.3 is 0 Å². The van der Waals surface area contributed by atoms with Gasteiger partial charge in [-0.25, -0.2) is 0 Å². The Morgan fingerprint density at radius 1 is 1.18 bits per heavy atom. The van der Waals surface area contributed by atoms with Crippen LogP contribution in [0.15, 0.2) is 30.5 Å². The summed E-state index contributed by atoms with van der Waals surface area (Å²) in [6, 6.07) is 7.84. The smallest absolute Gasteiger partial charge is 0.264 e. The van der Waals surface area contributed by atoms with Crippen molar-refractivity contribution < 1.29 is 4.79 Å². The largest absolute Gasteiger partial charge is 0.282 e. The van der Waals surface area contributed by atoms with Crippen LogP contribution in [-0.4, -0.2) is 10.5 Å². The quantitative estimate of drug-likeness (QED) is 0.469. The molecule has 0 unspecified atom stereocenters. The third-order valence-corrected chi connectivity index (χ3v) is 2.16. The Morgan fingerprint density at radius 3 is 2.73 bits per heavy atom. The highest BCUT2D eigenvalue weighted by Crippen LogP contribution is 2.29. The van der Waals surface area contributed by atoms with Gasteiger partial charge in [-0.05, 0) is 6.07 Å². The van der Waals surface area contributed by atoms with Gasteiger partial charge in [0.25, 0.3) is 5.91 Å². The van der Waals surface area contributed by atoms with Crippen molar-refractivity contribution in [2.24, 2.45) is 0 Å². The minimum absolute atomic E-state index is 0.145. The van der Waals surface area contributed by atoms with Gasteiger partial charge in [-0.2, -0.15) is 0 Å². The van der Waals surface area contributed by atoms with Gasteiger partial charge in [-0.1, -0.05) is 18.2 Å². The van der Waals surface area contributed by atoms with Crippen LogP contribution in [0.3, 0.4) is 0 Å². The molecule has 4 rings (SSSR count). The first-order chi connectivity index (χ1) is 5.38. The first-order valence-electron chi connectivity index (χ1n) is 3.53. The van der Waals surface area contributed by atoms with E-state index in [1.54, 1.807) is 4.57 Å². The maximum absolute atomic E-state index is 11.1. The highest BCUT2D eigenvalue weighted by atomic mass is 16.2. The third-order valence-electron chi connectivity index (χ3n) is 2.16. The molecule has 2 nitrogen and oxygen atoms in total. The van der Waals surface area contributed by atoms with Gasteiger partial charge in [-0.15, -0.1) is 0 Å². The molecule has 0 saturated carbocycles. The molecule has 1 aromatic carbocycles. The van der Waals surface area contributed by atoms with Crippen molar-refractivity contribution in [2.45, 2.75) is 0 Å². The van der Waals surface area contributed by atoms with E-state index < -0.39 is 0 Å². The van der Waals surface area contributed by atoms with Gasteiger partial charge >= 0.3 is 0 Å². The number of hydrogen-bond acceptors (Lipinski definition) is 1. The van der Waals surface area contributed by atoms with E-state index in [9.17, 15) is 4.79 Å². The van der Waals surface area contributed by atoms with Gasteiger partial charge in [0.15, 0.2) is 0 Å². The fraction of sp³-hybridized carbons (Fsp3) is 0. The molecule has 52 valence electrons. The Hall–Kier alpha value is -1.57. The minimum Gasteiger partial charge on any atom is -0.282 e. The number of carbonyl (C=O) groups excluding carboxylic acids is 1. The van der Waals surface area contributed by atoms with Gasteiger partial charge in [-0.3, -0.25) is 9.36 Å². The van der Waals surface area contributed by atoms with E-state index in [0.29, 0.717) is 0 Å². The van der Waals surface area contributed by atoms with Crippen LogP contribution in [0.4, 0.5) is 0 Å². The summed E-state index contributed by atoms with van der Waals surface area (Å²) >= 11 is 0. The molecule has 0 radical (unpaired) electrons. The van der Waals surface area contributed by atoms with Crippen LogP contribution in [-0.2, 0) is 0 Å². The van der Waals surface area contributed by atoms with Gasteiger partial charge in [0.1, 0.15) is 0 Å². The number of nitrogens with zero attached hydrogens (tertiary/aromatic N) is 1. The van der Waals surface area contributed by atoms with E-state index in [1.807, 2.05) is 30.5 Å². The zero-order valence-electron chi connectivity index (χ0n) is 5.74. The Kier molecular flexibility index (Phi) is 0.639. The Balaban J connectivity index is 2.65. The molecule has 0 N–H and O–H groups in total. The molecule has 2 aliphatic rings. The maximum Gasteiger partial charge on any atom is 0.264 e. The molecule has 0 atom stereocenters. The van der Waals surface area contributed by atoms with Crippen molar-refractivity contribution in [3.05, 3.63) is 36.0 Å². The number of carbonyl (C=O) groups is 1. The first-order valence-corrected chi connectivity index (χ1v) is 3.53. The number of para-hydroxylation sites is 1. The Labute approximate surface area is 63.1 Å². The lowest BCUT2D eigenvalue weighted by molar-refractivity contribution is 0.0947. The third kappa shape index (κ3) is 0.402. The average molecular weight is 143 g/mol. The van der Waals surface area contributed by atoms with Gasteiger partial charge in [0.2, 0.25) is 0 Å². The van der Waals surface area contributed by atoms with Crippen molar-refractivity contribution in [3.8, 4) is 0 Å². The second-order valence-electron chi connectivity index (χ2n) is 2.74. The molecule has 0 fully saturated rings. The van der Waals surface area contributed by atoms with Crippen LogP contribution < -0.4 is 0 Å². The number of aromatic nitrogens is 1. The van der Waals surface area contributed by atoms with E-state index in [1.165, 1.54) is 0 Å². The Bertz CT molecular complexity index is 427. The Morgan fingerprint density at radius 2 is 2.00 bits per heavy atom. The summed E-state index contributed by atoms with van der Waals surface area (Å²) in [5.41, 5.74) is 1.90. The van der Waals surface area contributed by atoms with Crippen molar-refractivity contribution in [3.63, 3.8) is 0 Å². The van der Waals surface area contributed by atoms with E-state index in [2.05, 4.69) is 0 Å². The molecule has 2 heteroatoms. The summed E-state index contributed by atoms with van der Waals surface area (Å²) < 4.78 is 1.69. The normalized spacial score (nSPS) is 13.6. The lowest BCUT2D eigenvalue weighted by atomic mass is 10.2. The van der Waals surface area contributed by atoms with E-state index in [4.69, 9.17) is 0 Å². The van der Waals surface area contributed by atoms with Crippen molar-refractivity contribution in [2.75, 3.05) is 0 Å². The van der Waals surface area contributed by atoms with Crippen LogP contribution in [0.1, 0.15) is 10.4 Å². The van der Waals surface area contributed by atoms with Crippen molar-refractivity contribution >= 4 is 16.8 Å². The van der Waals surface area contributed by atoms with Crippen LogP contribution >= 0.6 is 0 Å². The lowest BCUT2D eigenvalue weighted by Gasteiger charge is -2.04. The zero-order valence-corrected chi connectivity index (χ0v) is 5.74. The van der Waals surface area contributed by atoms with Crippen LogP contribution in [0.2, 0.25) is 0 Å². The standard InChI is InChI=1S/C9H5NO/c11-9-7-5-10(9)8-4-2-1-3-6(7)8/h1-5H. The van der Waals surface area contributed by atoms with E-state index >= 15 is 0 Å². The van der Waals surface area contributed by atoms with Crippen LogP contribution in [0, 0.1) is 0 Å². The molecule has 2 aliphatic heterocycles. The summed E-state index contributed by atoms with van der Waals surface area (Å²) in [6.45, 7) is 0. The van der Waals surface area contributed by atoms with Crippen LogP contribution in [0.25, 0.3) is 10.9 Å². The summed E-state index contributed by atoms with van der Waals surface area (Å²) in [5.74, 6) is 0.145. The highest BCUT2D eigenvalue weighted by molar-refractivity contribution is 6.19. The molecule has 0 aliphatic carbocycles. The summed E-state index contributed by atoms with van der Waals surface area (Å²) in [5, 5.41) is 1.08. The first kappa shape index (κ1) is 5.13. The van der Waals surface area contributed by atoms with E-state index in [0.717, 1.165) is 16.5 Å². The summed E-state index contributed by atoms with van der Waals surface area (Å²) in [6.07, 6.45) is 1.88. The summed E-state index contributed by atoms with van der Waals surface area (Å²) in [4.78, 5) is 11.1. The van der Waals surface area contributed by atoms with Crippen LogP contribution in [0.5, 0.6) is 0 Å². The number of rotatable bonds is 0. The summed E-state index contributed by atoms with van der Waals surface area (Å²) in [7, 11) is 0. The van der Waals surface area contributed by atoms with Crippen molar-refractivity contribution in [1.29, 1.82) is 0 Å². The average Bonchev–Trinajstić information content (AvgIpc) is 2.54. The minimum atomic E-state index is 0.145. The number of benzene rings is 1. The fourth-order valence-electron chi connectivity index (χ4n) is 1.58. The predicted molar refractivity (Wildman–Crippen MR) is 41.7 cm³/mol. The van der Waals surface area contributed by atoms with Gasteiger partial charge in [0, 0.05) is 11.6 Å².